The summed E-state index contributed by atoms with van der Waals surface area (Å²) in [5.41, 5.74) is 2.40. The number of rotatable bonds is 3. The topological polar surface area (TPSA) is 29.1 Å². The summed E-state index contributed by atoms with van der Waals surface area (Å²) in [6.07, 6.45) is 5.24. The maximum atomic E-state index is 11.4. The predicted octanol–water partition coefficient (Wildman–Crippen LogP) is 5.22. The zero-order valence-electron chi connectivity index (χ0n) is 10.3. The average molecular weight is 312 g/mol. The third kappa shape index (κ3) is 2.86. The van der Waals surface area contributed by atoms with Crippen molar-refractivity contribution in [2.45, 2.75) is 31.6 Å². The second-order valence-electron chi connectivity index (χ2n) is 4.83. The Morgan fingerprint density at radius 1 is 1.21 bits per heavy atom. The number of halogens is 1. The summed E-state index contributed by atoms with van der Waals surface area (Å²) < 4.78 is -0.0684. The van der Waals surface area contributed by atoms with Gasteiger partial charge in [-0.2, -0.15) is 0 Å². The minimum absolute atomic E-state index is 0.0684. The summed E-state index contributed by atoms with van der Waals surface area (Å²) >= 11 is 5.97. The molecular weight excluding hydrogens is 298 g/mol. The van der Waals surface area contributed by atoms with Crippen molar-refractivity contribution in [3.63, 3.8) is 0 Å². The summed E-state index contributed by atoms with van der Waals surface area (Å²) in [5.74, 6) is 0.693. The zero-order chi connectivity index (χ0) is 13.2. The lowest BCUT2D eigenvalue weighted by molar-refractivity contribution is 0.723. The van der Waals surface area contributed by atoms with E-state index < -0.39 is 0 Å². The zero-order valence-corrected chi connectivity index (χ0v) is 12.7. The average Bonchev–Trinajstić information content (AvgIpc) is 3.05. The molecule has 0 spiro atoms. The van der Waals surface area contributed by atoms with E-state index in [4.69, 9.17) is 11.6 Å². The van der Waals surface area contributed by atoms with E-state index in [2.05, 4.69) is 23.5 Å². The highest BCUT2D eigenvalue weighted by Gasteiger charge is 2.17. The molecule has 3 rings (SSSR count). The molecule has 1 N–H and O–H groups in total. The summed E-state index contributed by atoms with van der Waals surface area (Å²) in [6, 6.07) is 8.46. The van der Waals surface area contributed by atoms with E-state index in [1.807, 2.05) is 6.07 Å². The molecule has 5 heteroatoms. The fraction of sp³-hybridized carbons (Fsp3) is 0.357. The van der Waals surface area contributed by atoms with Crippen molar-refractivity contribution in [3.05, 3.63) is 44.4 Å². The Balaban J connectivity index is 1.83. The van der Waals surface area contributed by atoms with Gasteiger partial charge in [0, 0.05) is 5.69 Å². The van der Waals surface area contributed by atoms with Gasteiger partial charge in [0.25, 0.3) is 4.74 Å². The van der Waals surface area contributed by atoms with Crippen molar-refractivity contribution in [2.24, 2.45) is 0 Å². The van der Waals surface area contributed by atoms with Gasteiger partial charge >= 0.3 is 0 Å². The minimum Gasteiger partial charge on any atom is -0.345 e. The van der Waals surface area contributed by atoms with Gasteiger partial charge < -0.3 is 5.32 Å². The second kappa shape index (κ2) is 5.65. The van der Waals surface area contributed by atoms with Gasteiger partial charge in [0.2, 0.25) is 0 Å². The first-order chi connectivity index (χ1) is 9.24. The van der Waals surface area contributed by atoms with Crippen LogP contribution in [0.4, 0.5) is 10.7 Å². The fourth-order valence-electron chi connectivity index (χ4n) is 2.58. The van der Waals surface area contributed by atoms with E-state index in [1.54, 1.807) is 0 Å². The summed E-state index contributed by atoms with van der Waals surface area (Å²) in [7, 11) is 2.57. The van der Waals surface area contributed by atoms with Crippen LogP contribution in [-0.4, -0.2) is 0 Å². The van der Waals surface area contributed by atoms with Gasteiger partial charge in [0.15, 0.2) is 0 Å². The molecule has 1 saturated carbocycles. The van der Waals surface area contributed by atoms with Crippen LogP contribution in [0.3, 0.4) is 0 Å². The van der Waals surface area contributed by atoms with Crippen molar-refractivity contribution in [1.29, 1.82) is 0 Å². The maximum Gasteiger partial charge on any atom is 0.263 e. The molecule has 2 nitrogen and oxygen atoms in total. The summed E-state index contributed by atoms with van der Waals surface area (Å²) in [4.78, 5) is 11.4. The Labute approximate surface area is 124 Å². The molecule has 1 fully saturated rings. The number of hydrogen-bond donors (Lipinski definition) is 1. The standard InChI is InChI=1S/C14H14ClNOS2/c15-12-13(18-19-14(12)17)16-11-7-3-6-10(8-11)9-4-1-2-5-9/h3,6-9,16H,1-2,4-5H2. The minimum atomic E-state index is -0.0684. The number of anilines is 2. The molecule has 1 aliphatic rings. The molecule has 1 heterocycles. The van der Waals surface area contributed by atoms with Crippen LogP contribution in [0, 0.1) is 0 Å². The lowest BCUT2D eigenvalue weighted by Crippen LogP contribution is -1.96. The molecule has 0 amide bonds. The summed E-state index contributed by atoms with van der Waals surface area (Å²) in [6.45, 7) is 0. The Morgan fingerprint density at radius 2 is 2.00 bits per heavy atom. The first-order valence-electron chi connectivity index (χ1n) is 6.39. The lowest BCUT2D eigenvalue weighted by Gasteiger charge is -2.11. The van der Waals surface area contributed by atoms with Crippen molar-refractivity contribution in [1.82, 2.24) is 0 Å². The molecule has 0 unspecified atom stereocenters. The van der Waals surface area contributed by atoms with Gasteiger partial charge in [-0.25, -0.2) is 0 Å². The Morgan fingerprint density at radius 3 is 2.68 bits per heavy atom. The Kier molecular flexibility index (Phi) is 3.91. The van der Waals surface area contributed by atoms with Gasteiger partial charge in [-0.1, -0.05) is 46.9 Å². The monoisotopic (exact) mass is 311 g/mol. The van der Waals surface area contributed by atoms with E-state index in [-0.39, 0.29) is 4.74 Å². The van der Waals surface area contributed by atoms with Crippen molar-refractivity contribution < 1.29 is 0 Å². The predicted molar refractivity (Wildman–Crippen MR) is 84.4 cm³/mol. The van der Waals surface area contributed by atoms with Crippen LogP contribution in [0.1, 0.15) is 37.2 Å². The van der Waals surface area contributed by atoms with E-state index in [0.717, 1.165) is 10.7 Å². The van der Waals surface area contributed by atoms with Gasteiger partial charge in [-0.15, -0.1) is 0 Å². The van der Waals surface area contributed by atoms with Crippen molar-refractivity contribution >= 4 is 43.0 Å². The van der Waals surface area contributed by atoms with Gasteiger partial charge in [-0.3, -0.25) is 4.79 Å². The first kappa shape index (κ1) is 13.2. The fourth-order valence-corrected chi connectivity index (χ4v) is 4.96. The molecule has 19 heavy (non-hydrogen) atoms. The van der Waals surface area contributed by atoms with E-state index >= 15 is 0 Å². The quantitative estimate of drug-likeness (QED) is 0.787. The van der Waals surface area contributed by atoms with Crippen LogP contribution in [-0.2, 0) is 0 Å². The molecule has 1 aliphatic carbocycles. The third-order valence-corrected chi connectivity index (χ3v) is 6.25. The summed E-state index contributed by atoms with van der Waals surface area (Å²) in [5, 5.41) is 4.31. The highest BCUT2D eigenvalue weighted by Crippen LogP contribution is 2.36. The normalized spacial score (nSPS) is 15.8. The number of benzene rings is 1. The number of nitrogens with one attached hydrogen (secondary N) is 1. The maximum absolute atomic E-state index is 11.4. The Bertz CT molecular complexity index is 628. The molecule has 0 saturated heterocycles. The third-order valence-electron chi connectivity index (χ3n) is 3.55. The lowest BCUT2D eigenvalue weighted by atomic mass is 9.97. The molecular formula is C14H14ClNOS2. The number of hydrogen-bond acceptors (Lipinski definition) is 4. The van der Waals surface area contributed by atoms with E-state index in [9.17, 15) is 4.79 Å². The smallest absolute Gasteiger partial charge is 0.263 e. The van der Waals surface area contributed by atoms with Gasteiger partial charge in [0.05, 0.1) is 0 Å². The van der Waals surface area contributed by atoms with Gasteiger partial charge in [0.1, 0.15) is 10.0 Å². The van der Waals surface area contributed by atoms with Crippen molar-refractivity contribution in [3.8, 4) is 0 Å². The second-order valence-corrected chi connectivity index (χ2v) is 7.32. The molecule has 0 bridgehead atoms. The van der Waals surface area contributed by atoms with Crippen LogP contribution in [0.2, 0.25) is 5.02 Å². The van der Waals surface area contributed by atoms with Gasteiger partial charge in [-0.05, 0) is 46.8 Å². The molecule has 100 valence electrons. The van der Waals surface area contributed by atoms with E-state index in [1.165, 1.54) is 51.9 Å². The van der Waals surface area contributed by atoms with Crippen LogP contribution in [0.25, 0.3) is 0 Å². The van der Waals surface area contributed by atoms with Crippen LogP contribution in [0.5, 0.6) is 0 Å². The van der Waals surface area contributed by atoms with Crippen LogP contribution in [0.15, 0.2) is 29.1 Å². The highest BCUT2D eigenvalue weighted by molar-refractivity contribution is 7.70. The van der Waals surface area contributed by atoms with Crippen LogP contribution >= 0.6 is 32.3 Å². The first-order valence-corrected chi connectivity index (χ1v) is 8.92. The molecule has 2 aromatic rings. The molecule has 0 aliphatic heterocycles. The molecule has 0 radical (unpaired) electrons. The van der Waals surface area contributed by atoms with Crippen molar-refractivity contribution in [2.75, 3.05) is 5.32 Å². The largest absolute Gasteiger partial charge is 0.345 e. The molecule has 1 aromatic carbocycles. The van der Waals surface area contributed by atoms with Crippen LogP contribution < -0.4 is 10.1 Å². The molecule has 1 aromatic heterocycles. The van der Waals surface area contributed by atoms with E-state index in [0.29, 0.717) is 10.9 Å². The molecule has 0 atom stereocenters. The Hall–Kier alpha value is -0.840. The highest BCUT2D eigenvalue weighted by atomic mass is 35.5. The SMILES string of the molecule is O=c1ssc(Nc2cccc(C3CCCC3)c2)c1Cl.